The molecule has 2 heteroatoms. The molecule has 9 aromatic carbocycles. The number of anilines is 3. The molecule has 0 N–H and O–H groups in total. The third-order valence-corrected chi connectivity index (χ3v) is 11.6. The molecule has 0 spiro atoms. The summed E-state index contributed by atoms with van der Waals surface area (Å²) >= 11 is 0. The maximum absolute atomic E-state index is 6.60. The number of furan rings is 1. The molecule has 1 heterocycles. The highest BCUT2D eigenvalue weighted by Gasteiger charge is 2.37. The van der Waals surface area contributed by atoms with E-state index >= 15 is 0 Å². The number of fused-ring (bicyclic) bond motifs is 6. The average molecular weight is 678 g/mol. The van der Waals surface area contributed by atoms with Crippen molar-refractivity contribution in [2.75, 3.05) is 4.90 Å². The smallest absolute Gasteiger partial charge is 0.136 e. The first-order chi connectivity index (χ1) is 26.0. The van der Waals surface area contributed by atoms with Gasteiger partial charge in [-0.2, -0.15) is 0 Å². The molecule has 11 rings (SSSR count). The Morgan fingerprint density at radius 3 is 1.91 bits per heavy atom. The molecule has 0 unspecified atom stereocenters. The molecular weight excluding hydrogens is 643 g/mol. The predicted octanol–water partition coefficient (Wildman–Crippen LogP) is 14.4. The Morgan fingerprint density at radius 2 is 1.06 bits per heavy atom. The van der Waals surface area contributed by atoms with Gasteiger partial charge in [-0.3, -0.25) is 0 Å². The van der Waals surface area contributed by atoms with E-state index in [4.69, 9.17) is 4.42 Å². The van der Waals surface area contributed by atoms with Gasteiger partial charge in [-0.05, 0) is 109 Å². The van der Waals surface area contributed by atoms with Gasteiger partial charge in [0.25, 0.3) is 0 Å². The zero-order chi connectivity index (χ0) is 35.3. The SMILES string of the molecule is CC1(C)c2ccccc2-c2c(N(c3ccc(-c4ccccc4)cc3)c3cccc(-c4cc5oc6cccc7c8ccccc8c(c4)c5c67)c3)cccc21. The van der Waals surface area contributed by atoms with Crippen LogP contribution in [0.4, 0.5) is 17.1 Å². The van der Waals surface area contributed by atoms with E-state index in [0.717, 1.165) is 33.7 Å². The van der Waals surface area contributed by atoms with E-state index in [1.54, 1.807) is 0 Å². The number of rotatable bonds is 5. The van der Waals surface area contributed by atoms with Gasteiger partial charge in [0.05, 0.1) is 5.69 Å². The topological polar surface area (TPSA) is 16.4 Å². The minimum absolute atomic E-state index is 0.105. The van der Waals surface area contributed by atoms with E-state index in [1.165, 1.54) is 71.4 Å². The van der Waals surface area contributed by atoms with Crippen LogP contribution in [-0.2, 0) is 5.41 Å². The maximum atomic E-state index is 6.60. The lowest BCUT2D eigenvalue weighted by Crippen LogP contribution is -2.16. The summed E-state index contributed by atoms with van der Waals surface area (Å²) in [4.78, 5) is 2.45. The monoisotopic (exact) mass is 677 g/mol. The van der Waals surface area contributed by atoms with Gasteiger partial charge in [-0.15, -0.1) is 0 Å². The Morgan fingerprint density at radius 1 is 0.415 bits per heavy atom. The summed E-state index contributed by atoms with van der Waals surface area (Å²) in [6.07, 6.45) is 0. The van der Waals surface area contributed by atoms with Crippen LogP contribution in [0.15, 0.2) is 180 Å². The lowest BCUT2D eigenvalue weighted by molar-refractivity contribution is 0.660. The molecule has 1 aliphatic carbocycles. The van der Waals surface area contributed by atoms with Crippen molar-refractivity contribution in [1.82, 2.24) is 0 Å². The summed E-state index contributed by atoms with van der Waals surface area (Å²) in [7, 11) is 0. The average Bonchev–Trinajstić information content (AvgIpc) is 3.71. The van der Waals surface area contributed by atoms with E-state index in [2.05, 4.69) is 195 Å². The van der Waals surface area contributed by atoms with E-state index in [9.17, 15) is 0 Å². The Bertz CT molecular complexity index is 3020. The van der Waals surface area contributed by atoms with Crippen LogP contribution < -0.4 is 4.90 Å². The minimum atomic E-state index is -0.105. The minimum Gasteiger partial charge on any atom is -0.456 e. The van der Waals surface area contributed by atoms with Gasteiger partial charge < -0.3 is 9.32 Å². The molecule has 0 saturated heterocycles. The highest BCUT2D eigenvalue weighted by molar-refractivity contribution is 6.33. The van der Waals surface area contributed by atoms with E-state index < -0.39 is 0 Å². The summed E-state index contributed by atoms with van der Waals surface area (Å²) in [5.41, 5.74) is 15.2. The molecule has 2 nitrogen and oxygen atoms in total. The highest BCUT2D eigenvalue weighted by Crippen LogP contribution is 2.54. The zero-order valence-electron chi connectivity index (χ0n) is 29.6. The van der Waals surface area contributed by atoms with Crippen molar-refractivity contribution in [2.45, 2.75) is 19.3 Å². The van der Waals surface area contributed by atoms with Crippen LogP contribution in [-0.4, -0.2) is 0 Å². The molecule has 250 valence electrons. The summed E-state index contributed by atoms with van der Waals surface area (Å²) in [6, 6.07) is 64.1. The van der Waals surface area contributed by atoms with E-state index in [0.29, 0.717) is 0 Å². The second-order valence-electron chi connectivity index (χ2n) is 14.9. The Hall–Kier alpha value is -6.64. The van der Waals surface area contributed by atoms with Crippen molar-refractivity contribution in [3.63, 3.8) is 0 Å². The standard InChI is InChI=1S/C51H35NO/c1-51(2)43-21-9-8-19-41(43)48-44(51)22-12-23-45(48)52(36-27-25-33(26-28-36)32-13-4-3-5-14-32)37-16-10-15-34(29-37)35-30-42-39-18-7-6-17-38(39)40-20-11-24-46-49(40)50(42)47(31-35)53-46/h3-31H,1-2H3. The van der Waals surface area contributed by atoms with Crippen LogP contribution in [0.1, 0.15) is 25.0 Å². The second-order valence-corrected chi connectivity index (χ2v) is 14.9. The van der Waals surface area contributed by atoms with Crippen molar-refractivity contribution < 1.29 is 4.42 Å². The van der Waals surface area contributed by atoms with Crippen molar-refractivity contribution in [2.24, 2.45) is 0 Å². The van der Waals surface area contributed by atoms with Gasteiger partial charge in [-0.25, -0.2) is 0 Å². The predicted molar refractivity (Wildman–Crippen MR) is 223 cm³/mol. The van der Waals surface area contributed by atoms with Gasteiger partial charge in [0.1, 0.15) is 11.2 Å². The molecule has 0 fully saturated rings. The molecule has 0 bridgehead atoms. The quantitative estimate of drug-likeness (QED) is 0.169. The van der Waals surface area contributed by atoms with Gasteiger partial charge in [0, 0.05) is 33.1 Å². The molecule has 10 aromatic rings. The first-order valence-corrected chi connectivity index (χ1v) is 18.4. The summed E-state index contributed by atoms with van der Waals surface area (Å²) < 4.78 is 6.60. The summed E-state index contributed by atoms with van der Waals surface area (Å²) in [6.45, 7) is 4.70. The van der Waals surface area contributed by atoms with Crippen molar-refractivity contribution in [3.05, 3.63) is 187 Å². The van der Waals surface area contributed by atoms with Crippen LogP contribution >= 0.6 is 0 Å². The molecular formula is C51H35NO. The third-order valence-electron chi connectivity index (χ3n) is 11.6. The number of hydrogen-bond donors (Lipinski definition) is 0. The number of hydrogen-bond acceptors (Lipinski definition) is 2. The molecule has 1 aromatic heterocycles. The molecule has 53 heavy (non-hydrogen) atoms. The fourth-order valence-corrected chi connectivity index (χ4v) is 9.11. The Balaban J connectivity index is 1.13. The maximum Gasteiger partial charge on any atom is 0.136 e. The Labute approximate surface area is 308 Å². The van der Waals surface area contributed by atoms with E-state index in [-0.39, 0.29) is 5.41 Å². The molecule has 1 aliphatic rings. The van der Waals surface area contributed by atoms with Crippen LogP contribution in [0, 0.1) is 0 Å². The van der Waals surface area contributed by atoms with Gasteiger partial charge in [0.15, 0.2) is 0 Å². The lowest BCUT2D eigenvalue weighted by atomic mass is 9.82. The normalized spacial score (nSPS) is 13.2. The molecule has 0 amide bonds. The Kier molecular flexibility index (Phi) is 6.33. The molecule has 0 aliphatic heterocycles. The zero-order valence-corrected chi connectivity index (χ0v) is 29.6. The summed E-state index contributed by atoms with van der Waals surface area (Å²) in [5, 5.41) is 7.39. The molecule has 0 atom stereocenters. The molecule has 0 saturated carbocycles. The molecule has 0 radical (unpaired) electrons. The largest absolute Gasteiger partial charge is 0.456 e. The van der Waals surface area contributed by atoms with Crippen LogP contribution in [0.3, 0.4) is 0 Å². The van der Waals surface area contributed by atoms with Gasteiger partial charge in [0.2, 0.25) is 0 Å². The van der Waals surface area contributed by atoms with Crippen LogP contribution in [0.25, 0.3) is 76.9 Å². The van der Waals surface area contributed by atoms with Crippen LogP contribution in [0.5, 0.6) is 0 Å². The number of nitrogens with zero attached hydrogens (tertiary/aromatic N) is 1. The van der Waals surface area contributed by atoms with Gasteiger partial charge >= 0.3 is 0 Å². The summed E-state index contributed by atoms with van der Waals surface area (Å²) in [5.74, 6) is 0. The van der Waals surface area contributed by atoms with Crippen molar-refractivity contribution >= 4 is 60.5 Å². The fraction of sp³-hybridized carbons (Fsp3) is 0.0588. The highest BCUT2D eigenvalue weighted by atomic mass is 16.3. The van der Waals surface area contributed by atoms with Crippen LogP contribution in [0.2, 0.25) is 0 Å². The first-order valence-electron chi connectivity index (χ1n) is 18.4. The number of benzene rings is 9. The third kappa shape index (κ3) is 4.39. The fourth-order valence-electron chi connectivity index (χ4n) is 9.11. The first kappa shape index (κ1) is 30.0. The lowest BCUT2D eigenvalue weighted by Gasteiger charge is -2.29. The van der Waals surface area contributed by atoms with Crippen molar-refractivity contribution in [3.8, 4) is 33.4 Å². The second kappa shape index (κ2) is 11.2. The van der Waals surface area contributed by atoms with Gasteiger partial charge in [-0.1, -0.05) is 141 Å². The van der Waals surface area contributed by atoms with Crippen molar-refractivity contribution in [1.29, 1.82) is 0 Å². The van der Waals surface area contributed by atoms with E-state index in [1.807, 2.05) is 0 Å².